The number of hydrogen-bond donors (Lipinski definition) is 2. The van der Waals surface area contributed by atoms with Gasteiger partial charge in [0, 0.05) is 25.2 Å². The number of aromatic nitrogens is 2. The van der Waals surface area contributed by atoms with Crippen LogP contribution in [0.4, 0.5) is 0 Å². The van der Waals surface area contributed by atoms with E-state index < -0.39 is 10.0 Å². The molecular weight excluding hydrogens is 240 g/mol. The van der Waals surface area contributed by atoms with Gasteiger partial charge in [0.15, 0.2) is 5.03 Å². The van der Waals surface area contributed by atoms with E-state index in [1.807, 2.05) is 0 Å². The lowest BCUT2D eigenvalue weighted by Gasteiger charge is -2.15. The maximum absolute atomic E-state index is 11.9. The summed E-state index contributed by atoms with van der Waals surface area (Å²) in [7, 11) is -3.42. The van der Waals surface area contributed by atoms with Gasteiger partial charge in [0.25, 0.3) is 10.0 Å². The van der Waals surface area contributed by atoms with Crippen molar-refractivity contribution < 1.29 is 8.42 Å². The van der Waals surface area contributed by atoms with E-state index in [-0.39, 0.29) is 11.1 Å². The van der Waals surface area contributed by atoms with Gasteiger partial charge in [-0.15, -0.1) is 0 Å². The fraction of sp³-hybridized carbons (Fsp3) is 0.700. The summed E-state index contributed by atoms with van der Waals surface area (Å²) in [6, 6.07) is 0.737. The highest BCUT2D eigenvalue weighted by molar-refractivity contribution is 7.89. The molecule has 1 aromatic rings. The van der Waals surface area contributed by atoms with Crippen LogP contribution in [0.15, 0.2) is 17.6 Å². The van der Waals surface area contributed by atoms with Gasteiger partial charge in [0.1, 0.15) is 0 Å². The maximum Gasteiger partial charge on any atom is 0.257 e. The summed E-state index contributed by atoms with van der Waals surface area (Å²) in [6.45, 7) is 1.83. The Kier molecular flexibility index (Phi) is 2.68. The van der Waals surface area contributed by atoms with E-state index in [1.54, 1.807) is 0 Å². The summed E-state index contributed by atoms with van der Waals surface area (Å²) in [4.78, 5) is 8.73. The van der Waals surface area contributed by atoms with Crippen LogP contribution in [-0.4, -0.2) is 48.5 Å². The first kappa shape index (κ1) is 11.2. The molecule has 2 aliphatic rings. The van der Waals surface area contributed by atoms with Crippen LogP contribution in [0.2, 0.25) is 0 Å². The summed E-state index contributed by atoms with van der Waals surface area (Å²) in [5.74, 6) is 0. The molecule has 1 aliphatic carbocycles. The Balaban J connectivity index is 1.64. The molecule has 0 bridgehead atoms. The quantitative estimate of drug-likeness (QED) is 0.790. The molecule has 17 heavy (non-hydrogen) atoms. The third-order valence-corrected chi connectivity index (χ3v) is 4.81. The molecule has 7 heteroatoms. The lowest BCUT2D eigenvalue weighted by Crippen LogP contribution is -2.37. The van der Waals surface area contributed by atoms with Crippen molar-refractivity contribution in [2.24, 2.45) is 0 Å². The van der Waals surface area contributed by atoms with Crippen molar-refractivity contribution in [2.45, 2.75) is 36.4 Å². The number of nitrogens with one attached hydrogen (secondary N) is 2. The number of rotatable bonds is 4. The second kappa shape index (κ2) is 4.08. The molecule has 1 aliphatic heterocycles. The summed E-state index contributed by atoms with van der Waals surface area (Å²) in [6.07, 6.45) is 6.12. The zero-order valence-electron chi connectivity index (χ0n) is 9.46. The lowest BCUT2D eigenvalue weighted by atomic mass is 10.3. The molecule has 1 aromatic heterocycles. The van der Waals surface area contributed by atoms with Gasteiger partial charge >= 0.3 is 0 Å². The van der Waals surface area contributed by atoms with Crippen LogP contribution in [0.3, 0.4) is 0 Å². The summed E-state index contributed by atoms with van der Waals surface area (Å²) >= 11 is 0. The van der Waals surface area contributed by atoms with Gasteiger partial charge in [-0.2, -0.15) is 0 Å². The molecule has 6 nitrogen and oxygen atoms in total. The molecule has 0 amide bonds. The Hall–Kier alpha value is -0.920. The topological polar surface area (TPSA) is 78.1 Å². The Morgan fingerprint density at radius 3 is 2.88 bits per heavy atom. The van der Waals surface area contributed by atoms with Crippen LogP contribution >= 0.6 is 0 Å². The summed E-state index contributed by atoms with van der Waals surface area (Å²) in [5.41, 5.74) is 0. The van der Waals surface area contributed by atoms with Crippen LogP contribution in [0, 0.1) is 0 Å². The molecule has 0 aromatic carbocycles. The lowest BCUT2D eigenvalue weighted by molar-refractivity contribution is 0.322. The minimum Gasteiger partial charge on any atom is -0.335 e. The fourth-order valence-electron chi connectivity index (χ4n) is 2.33. The standard InChI is InChI=1S/C10H16N4O2S/c15-17(16,10-5-11-7-12-10)13-8-3-4-14(6-8)9-1-2-9/h5,7-9,13H,1-4,6H2,(H,11,12). The first-order valence-electron chi connectivity index (χ1n) is 5.90. The van der Waals surface area contributed by atoms with Crippen LogP contribution < -0.4 is 4.72 Å². The summed E-state index contributed by atoms with van der Waals surface area (Å²) < 4.78 is 26.6. The van der Waals surface area contributed by atoms with Crippen LogP contribution in [0.5, 0.6) is 0 Å². The van der Waals surface area contributed by atoms with Crippen molar-refractivity contribution in [1.82, 2.24) is 19.6 Å². The molecular formula is C10H16N4O2S. The monoisotopic (exact) mass is 256 g/mol. The third-order valence-electron chi connectivity index (χ3n) is 3.37. The van der Waals surface area contributed by atoms with Crippen molar-refractivity contribution >= 4 is 10.0 Å². The number of likely N-dealkylation sites (tertiary alicyclic amines) is 1. The van der Waals surface area contributed by atoms with Gasteiger partial charge in [-0.3, -0.25) is 4.90 Å². The minimum absolute atomic E-state index is 0.0314. The second-order valence-electron chi connectivity index (χ2n) is 4.75. The van der Waals surface area contributed by atoms with Gasteiger partial charge in [0.05, 0.1) is 12.5 Å². The Morgan fingerprint density at radius 2 is 2.24 bits per heavy atom. The largest absolute Gasteiger partial charge is 0.335 e. The molecule has 94 valence electrons. The number of hydrogen-bond acceptors (Lipinski definition) is 4. The smallest absolute Gasteiger partial charge is 0.257 e. The van der Waals surface area contributed by atoms with E-state index in [1.165, 1.54) is 25.4 Å². The third kappa shape index (κ3) is 2.36. The van der Waals surface area contributed by atoms with Crippen LogP contribution in [0.25, 0.3) is 0 Å². The number of sulfonamides is 1. The molecule has 1 atom stereocenters. The highest BCUT2D eigenvalue weighted by Crippen LogP contribution is 2.30. The van der Waals surface area contributed by atoms with Crippen molar-refractivity contribution in [3.63, 3.8) is 0 Å². The maximum atomic E-state index is 11.9. The van der Waals surface area contributed by atoms with Gasteiger partial charge in [-0.25, -0.2) is 18.1 Å². The van der Waals surface area contributed by atoms with Crippen molar-refractivity contribution in [3.05, 3.63) is 12.5 Å². The zero-order valence-corrected chi connectivity index (χ0v) is 10.3. The zero-order chi connectivity index (χ0) is 11.9. The minimum atomic E-state index is -3.42. The van der Waals surface area contributed by atoms with Crippen LogP contribution in [-0.2, 0) is 10.0 Å². The molecule has 3 rings (SSSR count). The van der Waals surface area contributed by atoms with Crippen molar-refractivity contribution in [1.29, 1.82) is 0 Å². The number of imidazole rings is 1. The number of nitrogens with zero attached hydrogens (tertiary/aromatic N) is 2. The molecule has 1 saturated heterocycles. The number of H-pyrrole nitrogens is 1. The average Bonchev–Trinajstić information content (AvgIpc) is 2.81. The predicted molar refractivity (Wildman–Crippen MR) is 61.9 cm³/mol. The normalized spacial score (nSPS) is 26.5. The van der Waals surface area contributed by atoms with E-state index >= 15 is 0 Å². The van der Waals surface area contributed by atoms with Crippen molar-refractivity contribution in [3.8, 4) is 0 Å². The SMILES string of the molecule is O=S(=O)(NC1CCN(C2CC2)C1)c1cnc[nH]1. The molecule has 0 spiro atoms. The highest BCUT2D eigenvalue weighted by atomic mass is 32.2. The molecule has 1 unspecified atom stereocenters. The first-order valence-corrected chi connectivity index (χ1v) is 7.38. The second-order valence-corrected chi connectivity index (χ2v) is 6.43. The van der Waals surface area contributed by atoms with Crippen LogP contribution in [0.1, 0.15) is 19.3 Å². The Bertz CT molecular complexity index is 480. The molecule has 2 heterocycles. The fourth-order valence-corrected chi connectivity index (χ4v) is 3.49. The molecule has 2 N–H and O–H groups in total. The van der Waals surface area contributed by atoms with E-state index in [0.29, 0.717) is 6.04 Å². The Morgan fingerprint density at radius 1 is 1.41 bits per heavy atom. The highest BCUT2D eigenvalue weighted by Gasteiger charge is 2.35. The van der Waals surface area contributed by atoms with E-state index in [2.05, 4.69) is 19.6 Å². The molecule has 1 saturated carbocycles. The Labute approximate surface area is 100 Å². The van der Waals surface area contributed by atoms with E-state index in [0.717, 1.165) is 19.5 Å². The predicted octanol–water partition coefficient (Wildman–Crippen LogP) is -0.0753. The first-order chi connectivity index (χ1) is 8.15. The van der Waals surface area contributed by atoms with Gasteiger partial charge < -0.3 is 4.98 Å². The van der Waals surface area contributed by atoms with E-state index in [4.69, 9.17) is 0 Å². The molecule has 2 fully saturated rings. The van der Waals surface area contributed by atoms with Gasteiger partial charge in [-0.05, 0) is 19.3 Å². The van der Waals surface area contributed by atoms with E-state index in [9.17, 15) is 8.42 Å². The number of aromatic amines is 1. The molecule has 0 radical (unpaired) electrons. The van der Waals surface area contributed by atoms with Gasteiger partial charge in [0.2, 0.25) is 0 Å². The summed E-state index contributed by atoms with van der Waals surface area (Å²) in [5, 5.41) is 0.141. The van der Waals surface area contributed by atoms with Crippen molar-refractivity contribution in [2.75, 3.05) is 13.1 Å². The average molecular weight is 256 g/mol. The van der Waals surface area contributed by atoms with Gasteiger partial charge in [-0.1, -0.05) is 0 Å².